The predicted molar refractivity (Wildman–Crippen MR) is 82.5 cm³/mol. The number of hydroxylamine groups is 1. The number of likely N-dealkylation sites (tertiary alicyclic amines) is 1. The average molecular weight is 322 g/mol. The van der Waals surface area contributed by atoms with Crippen molar-refractivity contribution in [3.8, 4) is 0 Å². The van der Waals surface area contributed by atoms with Gasteiger partial charge in [0, 0.05) is 6.54 Å². The molecule has 2 rings (SSSR count). The van der Waals surface area contributed by atoms with Crippen molar-refractivity contribution in [1.82, 2.24) is 10.4 Å². The molecule has 1 saturated heterocycles. The molecule has 1 aromatic rings. The maximum atomic E-state index is 11.9. The van der Waals surface area contributed by atoms with Gasteiger partial charge in [-0.3, -0.25) is 9.74 Å². The van der Waals surface area contributed by atoms with Crippen molar-refractivity contribution in [1.29, 1.82) is 0 Å². The van der Waals surface area contributed by atoms with E-state index in [9.17, 15) is 14.7 Å². The Morgan fingerprint density at radius 3 is 2.70 bits per heavy atom. The van der Waals surface area contributed by atoms with E-state index >= 15 is 0 Å². The number of amides is 1. The van der Waals surface area contributed by atoms with Crippen molar-refractivity contribution in [2.75, 3.05) is 13.2 Å². The Balaban J connectivity index is 1.86. The summed E-state index contributed by atoms with van der Waals surface area (Å²) in [6, 6.07) is 8.72. The van der Waals surface area contributed by atoms with Crippen LogP contribution in [0, 0.1) is 0 Å². The Bertz CT molecular complexity index is 522. The fourth-order valence-electron chi connectivity index (χ4n) is 2.55. The molecule has 1 aliphatic heterocycles. The zero-order valence-electron chi connectivity index (χ0n) is 13.1. The quantitative estimate of drug-likeness (QED) is 0.776. The SMILES string of the molecule is CCOC(=O)N1CC(NOCc2ccccc2)CCC1C(=O)O. The van der Waals surface area contributed by atoms with Gasteiger partial charge in [0.15, 0.2) is 0 Å². The lowest BCUT2D eigenvalue weighted by molar-refractivity contribution is -0.144. The number of nitrogens with one attached hydrogen (secondary N) is 1. The molecule has 126 valence electrons. The molecule has 0 radical (unpaired) electrons. The standard InChI is InChI=1S/C16H22N2O5/c1-2-22-16(21)18-10-13(8-9-14(18)15(19)20)17-23-11-12-6-4-3-5-7-12/h3-7,13-14,17H,2,8-11H2,1H3,(H,19,20). The van der Waals surface area contributed by atoms with Gasteiger partial charge in [-0.1, -0.05) is 30.3 Å². The zero-order valence-corrected chi connectivity index (χ0v) is 13.1. The van der Waals surface area contributed by atoms with Crippen LogP contribution in [0.4, 0.5) is 4.79 Å². The first-order valence-corrected chi connectivity index (χ1v) is 7.69. The fraction of sp³-hybridized carbons (Fsp3) is 0.500. The largest absolute Gasteiger partial charge is 0.480 e. The number of nitrogens with zero attached hydrogens (tertiary/aromatic N) is 1. The second-order valence-corrected chi connectivity index (χ2v) is 5.37. The van der Waals surface area contributed by atoms with Crippen LogP contribution in [-0.4, -0.2) is 47.3 Å². The molecule has 2 atom stereocenters. The zero-order chi connectivity index (χ0) is 16.7. The highest BCUT2D eigenvalue weighted by atomic mass is 16.6. The van der Waals surface area contributed by atoms with E-state index in [2.05, 4.69) is 5.48 Å². The number of ether oxygens (including phenoxy) is 1. The summed E-state index contributed by atoms with van der Waals surface area (Å²) in [6.07, 6.45) is 0.372. The number of carbonyl (C=O) groups is 2. The smallest absolute Gasteiger partial charge is 0.410 e. The molecule has 0 spiro atoms. The van der Waals surface area contributed by atoms with Crippen LogP contribution in [-0.2, 0) is 21.0 Å². The van der Waals surface area contributed by atoms with E-state index in [1.165, 1.54) is 4.90 Å². The van der Waals surface area contributed by atoms with Crippen LogP contribution in [0.1, 0.15) is 25.3 Å². The van der Waals surface area contributed by atoms with Gasteiger partial charge in [0.2, 0.25) is 0 Å². The lowest BCUT2D eigenvalue weighted by atomic mass is 9.99. The molecule has 1 amide bonds. The number of carbonyl (C=O) groups excluding carboxylic acids is 1. The van der Waals surface area contributed by atoms with Gasteiger partial charge in [-0.25, -0.2) is 9.59 Å². The summed E-state index contributed by atoms with van der Waals surface area (Å²) in [7, 11) is 0. The lowest BCUT2D eigenvalue weighted by Gasteiger charge is -2.36. The molecule has 23 heavy (non-hydrogen) atoms. The number of hydrogen-bond acceptors (Lipinski definition) is 5. The number of hydrogen-bond donors (Lipinski definition) is 2. The summed E-state index contributed by atoms with van der Waals surface area (Å²) in [5.41, 5.74) is 3.94. The van der Waals surface area contributed by atoms with Crippen LogP contribution in [0.15, 0.2) is 30.3 Å². The molecule has 0 aromatic heterocycles. The third-order valence-corrected chi connectivity index (χ3v) is 3.70. The Morgan fingerprint density at radius 2 is 2.04 bits per heavy atom. The minimum Gasteiger partial charge on any atom is -0.480 e. The van der Waals surface area contributed by atoms with E-state index in [1.54, 1.807) is 6.92 Å². The molecule has 0 bridgehead atoms. The summed E-state index contributed by atoms with van der Waals surface area (Å²) in [4.78, 5) is 29.9. The third kappa shape index (κ3) is 4.94. The highest BCUT2D eigenvalue weighted by molar-refractivity contribution is 5.80. The normalized spacial score (nSPS) is 21.0. The fourth-order valence-corrected chi connectivity index (χ4v) is 2.55. The van der Waals surface area contributed by atoms with Crippen molar-refractivity contribution < 1.29 is 24.3 Å². The van der Waals surface area contributed by atoms with Crippen molar-refractivity contribution in [2.24, 2.45) is 0 Å². The first-order valence-electron chi connectivity index (χ1n) is 7.69. The van der Waals surface area contributed by atoms with E-state index in [4.69, 9.17) is 9.57 Å². The van der Waals surface area contributed by atoms with Crippen LogP contribution in [0.5, 0.6) is 0 Å². The molecule has 7 nitrogen and oxygen atoms in total. The van der Waals surface area contributed by atoms with Gasteiger partial charge in [0.05, 0.1) is 19.3 Å². The second-order valence-electron chi connectivity index (χ2n) is 5.37. The van der Waals surface area contributed by atoms with Crippen molar-refractivity contribution >= 4 is 12.1 Å². The molecule has 1 fully saturated rings. The molecule has 2 unspecified atom stereocenters. The monoisotopic (exact) mass is 322 g/mol. The van der Waals surface area contributed by atoms with E-state index in [0.29, 0.717) is 19.4 Å². The third-order valence-electron chi connectivity index (χ3n) is 3.70. The summed E-state index contributed by atoms with van der Waals surface area (Å²) in [6.45, 7) is 2.55. The van der Waals surface area contributed by atoms with Gasteiger partial charge in [-0.05, 0) is 25.3 Å². The van der Waals surface area contributed by atoms with Gasteiger partial charge in [-0.15, -0.1) is 0 Å². The van der Waals surface area contributed by atoms with Crippen LogP contribution in [0.25, 0.3) is 0 Å². The Hall–Kier alpha value is -2.12. The number of aliphatic carboxylic acids is 1. The molecule has 1 aliphatic rings. The number of carboxylic acids is 1. The minimum absolute atomic E-state index is 0.126. The summed E-state index contributed by atoms with van der Waals surface area (Å²) in [5.74, 6) is -1.01. The van der Waals surface area contributed by atoms with Crippen LogP contribution >= 0.6 is 0 Å². The topological polar surface area (TPSA) is 88.1 Å². The van der Waals surface area contributed by atoms with Crippen molar-refractivity contribution in [3.05, 3.63) is 35.9 Å². The molecule has 2 N–H and O–H groups in total. The van der Waals surface area contributed by atoms with Gasteiger partial charge in [-0.2, -0.15) is 5.48 Å². The maximum absolute atomic E-state index is 11.9. The molecule has 0 saturated carbocycles. The number of carboxylic acid groups (broad SMARTS) is 1. The minimum atomic E-state index is -1.01. The van der Waals surface area contributed by atoms with Crippen LogP contribution in [0.3, 0.4) is 0 Å². The van der Waals surface area contributed by atoms with Crippen LogP contribution in [0.2, 0.25) is 0 Å². The van der Waals surface area contributed by atoms with Crippen LogP contribution < -0.4 is 5.48 Å². The average Bonchev–Trinajstić information content (AvgIpc) is 2.56. The molecule has 1 aromatic carbocycles. The molecular weight excluding hydrogens is 300 g/mol. The van der Waals surface area contributed by atoms with Gasteiger partial charge >= 0.3 is 12.1 Å². The Labute approximate surface area is 135 Å². The number of piperidine rings is 1. The van der Waals surface area contributed by atoms with E-state index in [-0.39, 0.29) is 19.2 Å². The number of benzene rings is 1. The van der Waals surface area contributed by atoms with Gasteiger partial charge in [0.25, 0.3) is 0 Å². The van der Waals surface area contributed by atoms with Crippen molar-refractivity contribution in [3.63, 3.8) is 0 Å². The molecular formula is C16H22N2O5. The molecule has 0 aliphatic carbocycles. The summed E-state index contributed by atoms with van der Waals surface area (Å²) in [5, 5.41) is 9.24. The first-order chi connectivity index (χ1) is 11.1. The number of rotatable bonds is 6. The Kier molecular flexibility index (Phi) is 6.37. The first kappa shape index (κ1) is 17.2. The molecule has 1 heterocycles. The lowest BCUT2D eigenvalue weighted by Crippen LogP contribution is -2.55. The van der Waals surface area contributed by atoms with E-state index in [1.807, 2.05) is 30.3 Å². The highest BCUT2D eigenvalue weighted by Gasteiger charge is 2.36. The summed E-state index contributed by atoms with van der Waals surface area (Å²) >= 11 is 0. The highest BCUT2D eigenvalue weighted by Crippen LogP contribution is 2.19. The summed E-state index contributed by atoms with van der Waals surface area (Å²) < 4.78 is 4.94. The second kappa shape index (κ2) is 8.50. The predicted octanol–water partition coefficient (Wildman–Crippen LogP) is 1.78. The van der Waals surface area contributed by atoms with Crippen molar-refractivity contribution in [2.45, 2.75) is 38.5 Å². The van der Waals surface area contributed by atoms with E-state index < -0.39 is 18.1 Å². The van der Waals surface area contributed by atoms with Gasteiger partial charge < -0.3 is 9.84 Å². The van der Waals surface area contributed by atoms with Gasteiger partial charge in [0.1, 0.15) is 6.04 Å². The Morgan fingerprint density at radius 1 is 1.30 bits per heavy atom. The maximum Gasteiger partial charge on any atom is 0.410 e. The molecule has 7 heteroatoms. The van der Waals surface area contributed by atoms with E-state index in [0.717, 1.165) is 5.56 Å².